The third-order valence-electron chi connectivity index (χ3n) is 3.92. The van der Waals surface area contributed by atoms with E-state index in [9.17, 15) is 22.8 Å². The van der Waals surface area contributed by atoms with Crippen molar-refractivity contribution in [3.8, 4) is 5.75 Å². The number of fused-ring (bicyclic) bond motifs is 1. The number of phosphoric ester groups is 1. The number of imidazole rings is 1. The Labute approximate surface area is 184 Å². The zero-order valence-corrected chi connectivity index (χ0v) is 18.4. The van der Waals surface area contributed by atoms with E-state index < -0.39 is 20.6 Å². The minimum atomic E-state index is -4.67. The minimum absolute atomic E-state index is 0.00199. The molecule has 0 bridgehead atoms. The second-order valence-corrected chi connectivity index (χ2v) is 9.08. The van der Waals surface area contributed by atoms with Gasteiger partial charge in [-0.3, -0.25) is 13.6 Å². The average molecular weight is 493 g/mol. The number of aromatic hydroxyl groups is 1. The van der Waals surface area contributed by atoms with Gasteiger partial charge in [-0.15, -0.1) is 0 Å². The number of benzene rings is 1. The first kappa shape index (κ1) is 24.3. The number of nitrogens with two attached hydrogens (primary N) is 1. The SMILES string of the molecule is COP(=O)(OCCCn1cnc2c(Sc3ccccc3O)nc(N)nc21)OCC(F)(F)F. The first-order valence-electron chi connectivity index (χ1n) is 9.06. The number of hydrogen-bond donors (Lipinski definition) is 2. The normalized spacial score (nSPS) is 14.0. The van der Waals surface area contributed by atoms with Crippen LogP contribution < -0.4 is 5.73 Å². The van der Waals surface area contributed by atoms with Gasteiger partial charge in [0, 0.05) is 13.7 Å². The second-order valence-electron chi connectivity index (χ2n) is 6.27. The van der Waals surface area contributed by atoms with Gasteiger partial charge >= 0.3 is 14.0 Å². The highest BCUT2D eigenvalue weighted by Crippen LogP contribution is 2.49. The maximum absolute atomic E-state index is 12.3. The maximum atomic E-state index is 12.3. The Morgan fingerprint density at radius 2 is 2.00 bits per heavy atom. The minimum Gasteiger partial charge on any atom is -0.507 e. The van der Waals surface area contributed by atoms with Crippen molar-refractivity contribution >= 4 is 36.7 Å². The summed E-state index contributed by atoms with van der Waals surface area (Å²) in [5.74, 6) is 0.0765. The van der Waals surface area contributed by atoms with Gasteiger partial charge in [0.2, 0.25) is 5.95 Å². The number of aromatic nitrogens is 4. The summed E-state index contributed by atoms with van der Waals surface area (Å²) in [6.45, 7) is -1.68. The molecule has 3 rings (SSSR count). The fraction of sp³-hybridized carbons (Fsp3) is 0.353. The number of phenolic OH excluding ortho intramolecular Hbond substituents is 1. The van der Waals surface area contributed by atoms with Crippen LogP contribution in [0.3, 0.4) is 0 Å². The van der Waals surface area contributed by atoms with Crippen LogP contribution in [0.1, 0.15) is 6.42 Å². The van der Waals surface area contributed by atoms with E-state index in [-0.39, 0.29) is 31.3 Å². The third kappa shape index (κ3) is 6.33. The Hall–Kier alpha value is -2.38. The summed E-state index contributed by atoms with van der Waals surface area (Å²) in [4.78, 5) is 13.2. The molecule has 2 aromatic heterocycles. The summed E-state index contributed by atoms with van der Waals surface area (Å²) in [7, 11) is -3.39. The highest BCUT2D eigenvalue weighted by Gasteiger charge is 2.35. The lowest BCUT2D eigenvalue weighted by atomic mass is 10.3. The van der Waals surface area contributed by atoms with Crippen molar-refractivity contribution in [2.75, 3.05) is 26.1 Å². The predicted molar refractivity (Wildman–Crippen MR) is 109 cm³/mol. The number of hydrogen-bond acceptors (Lipinski definition) is 10. The van der Waals surface area contributed by atoms with E-state index in [1.807, 2.05) is 0 Å². The van der Waals surface area contributed by atoms with Crippen LogP contribution in [0, 0.1) is 0 Å². The number of para-hydroxylation sites is 1. The van der Waals surface area contributed by atoms with Crippen LogP contribution in [0.15, 0.2) is 40.5 Å². The lowest BCUT2D eigenvalue weighted by molar-refractivity contribution is -0.158. The van der Waals surface area contributed by atoms with E-state index in [2.05, 4.69) is 24.0 Å². The van der Waals surface area contributed by atoms with Gasteiger partial charge in [-0.25, -0.2) is 14.5 Å². The first-order valence-corrected chi connectivity index (χ1v) is 11.3. The zero-order chi connectivity index (χ0) is 23.4. The Balaban J connectivity index is 1.67. The smallest absolute Gasteiger partial charge is 0.474 e. The van der Waals surface area contributed by atoms with Gasteiger partial charge in [-0.2, -0.15) is 18.2 Å². The molecule has 0 saturated heterocycles. The molecular weight excluding hydrogens is 474 g/mol. The number of nitrogen functional groups attached to an aromatic ring is 1. The van der Waals surface area contributed by atoms with E-state index in [4.69, 9.17) is 10.3 Å². The first-order chi connectivity index (χ1) is 15.1. The summed E-state index contributed by atoms with van der Waals surface area (Å²) >= 11 is 1.17. The fourth-order valence-corrected chi connectivity index (χ4v) is 4.37. The summed E-state index contributed by atoms with van der Waals surface area (Å²) in [5, 5.41) is 10.4. The molecule has 174 valence electrons. The molecule has 2 heterocycles. The van der Waals surface area contributed by atoms with Gasteiger partial charge in [0.15, 0.2) is 12.3 Å². The molecule has 32 heavy (non-hydrogen) atoms. The summed E-state index contributed by atoms with van der Waals surface area (Å²) < 4.78 is 64.1. The molecule has 10 nitrogen and oxygen atoms in total. The standard InChI is InChI=1S/C17H19F3N5O5PS/c1-28-31(27,30-9-17(18,19)20)29-8-4-7-25-10-22-13-14(25)23-16(21)24-15(13)32-12-6-3-2-5-11(12)26/h2-3,5-6,10,26H,4,7-9H2,1H3,(H2,21,23,24). The van der Waals surface area contributed by atoms with Crippen molar-refractivity contribution in [1.82, 2.24) is 19.5 Å². The Bertz CT molecular complexity index is 1130. The quantitative estimate of drug-likeness (QED) is 0.242. The number of rotatable bonds is 10. The molecule has 3 aromatic rings. The number of alkyl halides is 3. The molecule has 1 atom stereocenters. The largest absolute Gasteiger partial charge is 0.507 e. The van der Waals surface area contributed by atoms with Crippen molar-refractivity contribution in [3.05, 3.63) is 30.6 Å². The summed E-state index contributed by atoms with van der Waals surface area (Å²) in [6, 6.07) is 6.71. The van der Waals surface area contributed by atoms with Crippen molar-refractivity contribution in [2.24, 2.45) is 0 Å². The number of phosphoric acid groups is 1. The van der Waals surface area contributed by atoms with Gasteiger partial charge < -0.3 is 15.4 Å². The van der Waals surface area contributed by atoms with Crippen LogP contribution in [-0.4, -0.2) is 51.1 Å². The number of phenols is 1. The van der Waals surface area contributed by atoms with Gasteiger partial charge in [-0.05, 0) is 18.6 Å². The van der Waals surface area contributed by atoms with E-state index in [0.717, 1.165) is 7.11 Å². The van der Waals surface area contributed by atoms with Crippen LogP contribution in [0.2, 0.25) is 0 Å². The van der Waals surface area contributed by atoms with Gasteiger partial charge in [-0.1, -0.05) is 23.9 Å². The molecular formula is C17H19F3N5O5PS. The lowest BCUT2D eigenvalue weighted by Crippen LogP contribution is -2.17. The van der Waals surface area contributed by atoms with Crippen LogP contribution in [-0.2, 0) is 24.7 Å². The van der Waals surface area contributed by atoms with Crippen molar-refractivity contribution in [3.63, 3.8) is 0 Å². The number of nitrogens with zero attached hydrogens (tertiary/aromatic N) is 4. The molecule has 0 radical (unpaired) electrons. The number of anilines is 1. The predicted octanol–water partition coefficient (Wildman–Crippen LogP) is 4.01. The topological polar surface area (TPSA) is 135 Å². The van der Waals surface area contributed by atoms with Crippen molar-refractivity contribution in [2.45, 2.75) is 29.1 Å². The second kappa shape index (κ2) is 10.0. The van der Waals surface area contributed by atoms with Gasteiger partial charge in [0.05, 0.1) is 17.8 Å². The van der Waals surface area contributed by atoms with E-state index in [1.165, 1.54) is 18.1 Å². The Morgan fingerprint density at radius 1 is 1.25 bits per heavy atom. The molecule has 0 aliphatic heterocycles. The van der Waals surface area contributed by atoms with Gasteiger partial charge in [0.25, 0.3) is 0 Å². The molecule has 0 amide bonds. The van der Waals surface area contributed by atoms with E-state index >= 15 is 0 Å². The zero-order valence-electron chi connectivity index (χ0n) is 16.7. The summed E-state index contributed by atoms with van der Waals surface area (Å²) in [5.41, 5.74) is 6.68. The van der Waals surface area contributed by atoms with Crippen molar-refractivity contribution in [1.29, 1.82) is 0 Å². The molecule has 0 aliphatic carbocycles. The van der Waals surface area contributed by atoms with Crippen LogP contribution in [0.25, 0.3) is 11.2 Å². The molecule has 1 aromatic carbocycles. The Kier molecular flexibility index (Phi) is 7.62. The Morgan fingerprint density at radius 3 is 2.69 bits per heavy atom. The van der Waals surface area contributed by atoms with Crippen LogP contribution in [0.4, 0.5) is 19.1 Å². The van der Waals surface area contributed by atoms with Gasteiger partial charge in [0.1, 0.15) is 16.3 Å². The van der Waals surface area contributed by atoms with E-state index in [0.29, 0.717) is 21.1 Å². The number of halogens is 3. The molecule has 0 spiro atoms. The summed E-state index contributed by atoms with van der Waals surface area (Å²) in [6.07, 6.45) is -2.94. The average Bonchev–Trinajstić information content (AvgIpc) is 3.14. The van der Waals surface area contributed by atoms with Crippen LogP contribution >= 0.6 is 19.6 Å². The highest BCUT2D eigenvalue weighted by molar-refractivity contribution is 7.99. The molecule has 3 N–H and O–H groups in total. The molecule has 1 unspecified atom stereocenters. The lowest BCUT2D eigenvalue weighted by Gasteiger charge is -2.16. The maximum Gasteiger partial charge on any atom is 0.474 e. The van der Waals surface area contributed by atoms with E-state index in [1.54, 1.807) is 28.8 Å². The highest BCUT2D eigenvalue weighted by atomic mass is 32.2. The molecule has 0 saturated carbocycles. The monoisotopic (exact) mass is 493 g/mol. The number of aryl methyl sites for hydroxylation is 1. The molecule has 15 heteroatoms. The fourth-order valence-electron chi connectivity index (χ4n) is 2.52. The molecule has 0 aliphatic rings. The third-order valence-corrected chi connectivity index (χ3v) is 6.36. The van der Waals surface area contributed by atoms with Crippen LogP contribution in [0.5, 0.6) is 5.75 Å². The molecule has 0 fully saturated rings. The van der Waals surface area contributed by atoms with Crippen molar-refractivity contribution < 1.29 is 36.4 Å².